The fourth-order valence-electron chi connectivity index (χ4n) is 3.04. The maximum atomic E-state index is 11.6. The van der Waals surface area contributed by atoms with E-state index in [0.29, 0.717) is 0 Å². The zero-order valence-corrected chi connectivity index (χ0v) is 11.3. The minimum atomic E-state index is -0.177. The van der Waals surface area contributed by atoms with Crippen LogP contribution in [-0.2, 0) is 9.53 Å². The van der Waals surface area contributed by atoms with Crippen molar-refractivity contribution in [2.75, 3.05) is 0 Å². The van der Waals surface area contributed by atoms with Gasteiger partial charge < -0.3 is 4.74 Å². The van der Waals surface area contributed by atoms with Gasteiger partial charge in [-0.2, -0.15) is 0 Å². The highest BCUT2D eigenvalue weighted by Gasteiger charge is 2.23. The molecular formula is C16H24O2. The molecule has 0 spiro atoms. The second kappa shape index (κ2) is 6.77. The van der Waals surface area contributed by atoms with E-state index in [9.17, 15) is 4.79 Å². The van der Waals surface area contributed by atoms with Crippen LogP contribution in [0.5, 0.6) is 0 Å². The molecule has 3 atom stereocenters. The lowest BCUT2D eigenvalue weighted by atomic mass is 9.92. The van der Waals surface area contributed by atoms with Gasteiger partial charge in [0.1, 0.15) is 0 Å². The summed E-state index contributed by atoms with van der Waals surface area (Å²) in [4.78, 5) is 11.6. The third kappa shape index (κ3) is 4.01. The van der Waals surface area contributed by atoms with Crippen LogP contribution in [0.3, 0.4) is 0 Å². The zero-order valence-electron chi connectivity index (χ0n) is 11.3. The predicted octanol–water partition coefficient (Wildman–Crippen LogP) is 4.02. The van der Waals surface area contributed by atoms with Crippen molar-refractivity contribution in [3.05, 3.63) is 24.3 Å². The lowest BCUT2D eigenvalue weighted by molar-refractivity contribution is -0.142. The summed E-state index contributed by atoms with van der Waals surface area (Å²) in [6.45, 7) is 1.98. The van der Waals surface area contributed by atoms with E-state index in [-0.39, 0.29) is 12.1 Å². The average molecular weight is 248 g/mol. The van der Waals surface area contributed by atoms with Crippen molar-refractivity contribution in [1.82, 2.24) is 0 Å². The van der Waals surface area contributed by atoms with Gasteiger partial charge in [-0.05, 0) is 57.3 Å². The Hall–Kier alpha value is -1.05. The van der Waals surface area contributed by atoms with Gasteiger partial charge in [0, 0.05) is 6.08 Å². The van der Waals surface area contributed by atoms with E-state index < -0.39 is 0 Å². The van der Waals surface area contributed by atoms with Crippen molar-refractivity contribution in [1.29, 1.82) is 0 Å². The fourth-order valence-corrected chi connectivity index (χ4v) is 3.04. The zero-order chi connectivity index (χ0) is 12.8. The summed E-state index contributed by atoms with van der Waals surface area (Å²) in [6, 6.07) is 0. The van der Waals surface area contributed by atoms with Crippen molar-refractivity contribution < 1.29 is 9.53 Å². The smallest absolute Gasteiger partial charge is 0.330 e. The van der Waals surface area contributed by atoms with Gasteiger partial charge in [-0.1, -0.05) is 24.6 Å². The molecule has 1 fully saturated rings. The summed E-state index contributed by atoms with van der Waals surface area (Å²) in [7, 11) is 0. The molecule has 0 aromatic carbocycles. The molecule has 2 aliphatic rings. The Labute approximate surface area is 110 Å². The molecule has 0 aromatic rings. The standard InChI is InChI=1S/C16H24O2/c1-13-7-3-2-4-8-14-9-5-10-15(14)11-6-12-16(17)18-13/h4,6,8,12-15H,2-3,5,7,9-11H2,1H3/b8-4+,12-6+/t13-,14+,15?/m0/s1. The molecule has 0 amide bonds. The summed E-state index contributed by atoms with van der Waals surface area (Å²) in [5.41, 5.74) is 0. The molecule has 1 aliphatic heterocycles. The molecule has 2 nitrogen and oxygen atoms in total. The van der Waals surface area contributed by atoms with E-state index in [1.54, 1.807) is 6.08 Å². The van der Waals surface area contributed by atoms with Crippen molar-refractivity contribution in [2.45, 2.75) is 58.0 Å². The van der Waals surface area contributed by atoms with Gasteiger partial charge in [-0.15, -0.1) is 0 Å². The molecular weight excluding hydrogens is 224 g/mol. The van der Waals surface area contributed by atoms with E-state index in [1.165, 1.54) is 19.3 Å². The first kappa shape index (κ1) is 13.4. The summed E-state index contributed by atoms with van der Waals surface area (Å²) < 4.78 is 5.33. The average Bonchev–Trinajstić information content (AvgIpc) is 2.75. The van der Waals surface area contributed by atoms with Crippen molar-refractivity contribution in [2.24, 2.45) is 11.8 Å². The molecule has 0 N–H and O–H groups in total. The number of carbonyl (C=O) groups is 1. The van der Waals surface area contributed by atoms with Crippen molar-refractivity contribution >= 4 is 5.97 Å². The van der Waals surface area contributed by atoms with Crippen LogP contribution in [0.15, 0.2) is 24.3 Å². The van der Waals surface area contributed by atoms with Gasteiger partial charge in [-0.3, -0.25) is 0 Å². The van der Waals surface area contributed by atoms with Gasteiger partial charge in [0.2, 0.25) is 0 Å². The maximum Gasteiger partial charge on any atom is 0.330 e. The second-order valence-corrected chi connectivity index (χ2v) is 5.60. The molecule has 0 saturated heterocycles. The van der Waals surface area contributed by atoms with Crippen LogP contribution in [0.1, 0.15) is 51.9 Å². The molecule has 1 aliphatic carbocycles. The number of cyclic esters (lactones) is 1. The van der Waals surface area contributed by atoms with Crippen LogP contribution < -0.4 is 0 Å². The Balaban J connectivity index is 1.99. The number of allylic oxidation sites excluding steroid dienone is 3. The lowest BCUT2D eigenvalue weighted by Crippen LogP contribution is -2.12. The quantitative estimate of drug-likeness (QED) is 0.478. The molecule has 100 valence electrons. The summed E-state index contributed by atoms with van der Waals surface area (Å²) in [5.74, 6) is 1.27. The minimum absolute atomic E-state index is 0.0378. The van der Waals surface area contributed by atoms with Crippen LogP contribution in [0.25, 0.3) is 0 Å². The Kier molecular flexibility index (Phi) is 5.03. The molecule has 1 unspecified atom stereocenters. The van der Waals surface area contributed by atoms with E-state index >= 15 is 0 Å². The van der Waals surface area contributed by atoms with Gasteiger partial charge in [0.05, 0.1) is 6.10 Å². The van der Waals surface area contributed by atoms with E-state index in [1.807, 2.05) is 13.0 Å². The Bertz CT molecular complexity index is 330. The number of hydrogen-bond acceptors (Lipinski definition) is 2. The lowest BCUT2D eigenvalue weighted by Gasteiger charge is -2.13. The first-order chi connectivity index (χ1) is 8.75. The highest BCUT2D eigenvalue weighted by atomic mass is 16.5. The Morgan fingerprint density at radius 1 is 1.17 bits per heavy atom. The van der Waals surface area contributed by atoms with Crippen molar-refractivity contribution in [3.8, 4) is 0 Å². The van der Waals surface area contributed by atoms with Gasteiger partial charge >= 0.3 is 5.97 Å². The van der Waals surface area contributed by atoms with Crippen LogP contribution in [0.4, 0.5) is 0 Å². The predicted molar refractivity (Wildman–Crippen MR) is 73.1 cm³/mol. The molecule has 0 bridgehead atoms. The normalized spacial score (nSPS) is 37.6. The summed E-state index contributed by atoms with van der Waals surface area (Å²) in [6.07, 6.45) is 16.5. The molecule has 2 rings (SSSR count). The van der Waals surface area contributed by atoms with Crippen molar-refractivity contribution in [3.63, 3.8) is 0 Å². The third-order valence-electron chi connectivity index (χ3n) is 4.09. The Morgan fingerprint density at radius 2 is 2.06 bits per heavy atom. The molecule has 1 heterocycles. The number of carbonyl (C=O) groups excluding carboxylic acids is 1. The number of rotatable bonds is 0. The van der Waals surface area contributed by atoms with Crippen LogP contribution >= 0.6 is 0 Å². The highest BCUT2D eigenvalue weighted by molar-refractivity contribution is 5.82. The second-order valence-electron chi connectivity index (χ2n) is 5.60. The summed E-state index contributed by atoms with van der Waals surface area (Å²) in [5, 5.41) is 0. The minimum Gasteiger partial charge on any atom is -0.460 e. The summed E-state index contributed by atoms with van der Waals surface area (Å²) >= 11 is 0. The SMILES string of the molecule is C[C@H]1CCC/C=C/[C@@H]2CCCC2C/C=C/C(=O)O1. The van der Waals surface area contributed by atoms with E-state index in [2.05, 4.69) is 12.2 Å². The fraction of sp³-hybridized carbons (Fsp3) is 0.688. The van der Waals surface area contributed by atoms with Crippen LogP contribution in [0.2, 0.25) is 0 Å². The molecule has 0 aromatic heterocycles. The highest BCUT2D eigenvalue weighted by Crippen LogP contribution is 2.35. The van der Waals surface area contributed by atoms with Crippen LogP contribution in [-0.4, -0.2) is 12.1 Å². The van der Waals surface area contributed by atoms with Gasteiger partial charge in [0.25, 0.3) is 0 Å². The molecule has 0 radical (unpaired) electrons. The monoisotopic (exact) mass is 248 g/mol. The topological polar surface area (TPSA) is 26.3 Å². The first-order valence-corrected chi connectivity index (χ1v) is 7.29. The third-order valence-corrected chi connectivity index (χ3v) is 4.09. The Morgan fingerprint density at radius 3 is 2.94 bits per heavy atom. The first-order valence-electron chi connectivity index (χ1n) is 7.29. The molecule has 18 heavy (non-hydrogen) atoms. The van der Waals surface area contributed by atoms with Gasteiger partial charge in [0.15, 0.2) is 0 Å². The number of hydrogen-bond donors (Lipinski definition) is 0. The molecule has 2 heteroatoms. The van der Waals surface area contributed by atoms with E-state index in [0.717, 1.165) is 37.5 Å². The maximum absolute atomic E-state index is 11.6. The number of fused-ring (bicyclic) bond motifs is 1. The van der Waals surface area contributed by atoms with E-state index in [4.69, 9.17) is 4.74 Å². The van der Waals surface area contributed by atoms with Crippen LogP contribution in [0, 0.1) is 11.8 Å². The number of ether oxygens (including phenoxy) is 1. The largest absolute Gasteiger partial charge is 0.460 e. The van der Waals surface area contributed by atoms with Gasteiger partial charge in [-0.25, -0.2) is 4.79 Å². The number of esters is 1. The molecule has 1 saturated carbocycles.